The molecule has 1 unspecified atom stereocenters. The topological polar surface area (TPSA) is 56.8 Å². The number of hydrogen-bond acceptors (Lipinski definition) is 5. The van der Waals surface area contributed by atoms with E-state index in [2.05, 4.69) is 20.4 Å². The summed E-state index contributed by atoms with van der Waals surface area (Å²) in [6.07, 6.45) is 2.44. The predicted molar refractivity (Wildman–Crippen MR) is 76.7 cm³/mol. The van der Waals surface area contributed by atoms with Gasteiger partial charge in [0, 0.05) is 58.5 Å². The molecule has 3 heterocycles. The van der Waals surface area contributed by atoms with Gasteiger partial charge in [-0.15, -0.1) is 0 Å². The van der Waals surface area contributed by atoms with Crippen molar-refractivity contribution < 1.29 is 9.53 Å². The van der Waals surface area contributed by atoms with Crippen molar-refractivity contribution in [1.29, 1.82) is 0 Å². The van der Waals surface area contributed by atoms with Crippen LogP contribution in [0.25, 0.3) is 0 Å². The first-order chi connectivity index (χ1) is 9.81. The number of nitrogens with one attached hydrogen (secondary N) is 2. The molecular weight excluding hydrogens is 256 g/mol. The minimum atomic E-state index is 0.138. The second-order valence-electron chi connectivity index (χ2n) is 6.06. The molecule has 114 valence electrons. The highest BCUT2D eigenvalue weighted by atomic mass is 16.5. The molecule has 0 radical (unpaired) electrons. The second kappa shape index (κ2) is 6.85. The average Bonchev–Trinajstić information content (AvgIpc) is 2.90. The lowest BCUT2D eigenvalue weighted by Crippen LogP contribution is -2.62. The first-order valence-electron chi connectivity index (χ1n) is 7.87. The fourth-order valence-corrected chi connectivity index (χ4v) is 3.11. The quantitative estimate of drug-likeness (QED) is 0.668. The lowest BCUT2D eigenvalue weighted by Gasteiger charge is -2.43. The van der Waals surface area contributed by atoms with Gasteiger partial charge in [0.1, 0.15) is 0 Å². The standard InChI is InChI=1S/C14H26N4O2/c19-14(16-10-13-2-1-7-20-13)11-17-3-5-18(6-4-17)12-8-15-9-12/h12-13,15H,1-11H2,(H,16,19). The molecule has 0 aromatic rings. The van der Waals surface area contributed by atoms with Gasteiger partial charge in [-0.05, 0) is 12.8 Å². The number of ether oxygens (including phenoxy) is 1. The Morgan fingerprint density at radius 3 is 2.65 bits per heavy atom. The summed E-state index contributed by atoms with van der Waals surface area (Å²) in [6, 6.07) is 0.727. The Morgan fingerprint density at radius 2 is 2.05 bits per heavy atom. The normalized spacial score (nSPS) is 29.3. The molecule has 1 atom stereocenters. The molecule has 3 fully saturated rings. The van der Waals surface area contributed by atoms with E-state index in [4.69, 9.17) is 4.74 Å². The predicted octanol–water partition coefficient (Wildman–Crippen LogP) is -1.13. The molecule has 3 aliphatic rings. The highest BCUT2D eigenvalue weighted by Crippen LogP contribution is 2.11. The molecule has 0 aliphatic carbocycles. The lowest BCUT2D eigenvalue weighted by atomic mass is 10.1. The van der Waals surface area contributed by atoms with Crippen LogP contribution in [0.5, 0.6) is 0 Å². The van der Waals surface area contributed by atoms with Gasteiger partial charge in [-0.1, -0.05) is 0 Å². The zero-order valence-corrected chi connectivity index (χ0v) is 12.1. The molecule has 20 heavy (non-hydrogen) atoms. The summed E-state index contributed by atoms with van der Waals surface area (Å²) in [6.45, 7) is 8.49. The van der Waals surface area contributed by atoms with Gasteiger partial charge in [-0.2, -0.15) is 0 Å². The third-order valence-electron chi connectivity index (χ3n) is 4.60. The SMILES string of the molecule is O=C(CN1CCN(C2CNC2)CC1)NCC1CCCO1. The number of piperazine rings is 1. The largest absolute Gasteiger partial charge is 0.376 e. The Hall–Kier alpha value is -0.690. The third-order valence-corrected chi connectivity index (χ3v) is 4.60. The van der Waals surface area contributed by atoms with E-state index in [1.165, 1.54) is 0 Å². The van der Waals surface area contributed by atoms with E-state index >= 15 is 0 Å². The van der Waals surface area contributed by atoms with Gasteiger partial charge in [-0.25, -0.2) is 0 Å². The molecule has 3 rings (SSSR count). The van der Waals surface area contributed by atoms with Crippen molar-refractivity contribution in [2.45, 2.75) is 25.0 Å². The zero-order valence-electron chi connectivity index (χ0n) is 12.1. The Bertz CT molecular complexity index is 321. The average molecular weight is 282 g/mol. The van der Waals surface area contributed by atoms with E-state index in [-0.39, 0.29) is 12.0 Å². The zero-order chi connectivity index (χ0) is 13.8. The highest BCUT2D eigenvalue weighted by Gasteiger charge is 2.28. The molecule has 0 spiro atoms. The van der Waals surface area contributed by atoms with Crippen molar-refractivity contribution in [3.8, 4) is 0 Å². The van der Waals surface area contributed by atoms with Gasteiger partial charge in [0.2, 0.25) is 5.91 Å². The van der Waals surface area contributed by atoms with E-state index in [9.17, 15) is 4.79 Å². The van der Waals surface area contributed by atoms with Crippen LogP contribution in [0, 0.1) is 0 Å². The van der Waals surface area contributed by atoms with Crippen LogP contribution in [-0.4, -0.2) is 86.8 Å². The monoisotopic (exact) mass is 282 g/mol. The van der Waals surface area contributed by atoms with Crippen molar-refractivity contribution in [2.75, 3.05) is 59.0 Å². The van der Waals surface area contributed by atoms with Crippen LogP contribution in [-0.2, 0) is 9.53 Å². The van der Waals surface area contributed by atoms with Crippen LogP contribution in [0.2, 0.25) is 0 Å². The second-order valence-corrected chi connectivity index (χ2v) is 6.06. The number of amides is 1. The minimum Gasteiger partial charge on any atom is -0.376 e. The number of hydrogen-bond donors (Lipinski definition) is 2. The molecular formula is C14H26N4O2. The fraction of sp³-hybridized carbons (Fsp3) is 0.929. The molecule has 3 aliphatic heterocycles. The summed E-state index contributed by atoms with van der Waals surface area (Å²) < 4.78 is 5.51. The molecule has 0 bridgehead atoms. The van der Waals surface area contributed by atoms with Gasteiger partial charge in [0.15, 0.2) is 0 Å². The number of carbonyl (C=O) groups is 1. The smallest absolute Gasteiger partial charge is 0.234 e. The van der Waals surface area contributed by atoms with E-state index in [1.807, 2.05) is 0 Å². The maximum Gasteiger partial charge on any atom is 0.234 e. The summed E-state index contributed by atoms with van der Waals surface area (Å²) in [5.74, 6) is 0.138. The van der Waals surface area contributed by atoms with Crippen molar-refractivity contribution in [3.63, 3.8) is 0 Å². The van der Waals surface area contributed by atoms with Crippen molar-refractivity contribution in [3.05, 3.63) is 0 Å². The summed E-state index contributed by atoms with van der Waals surface area (Å²) in [7, 11) is 0. The van der Waals surface area contributed by atoms with E-state index < -0.39 is 0 Å². The van der Waals surface area contributed by atoms with Gasteiger partial charge in [0.05, 0.1) is 12.6 Å². The van der Waals surface area contributed by atoms with Crippen LogP contribution in [0.15, 0.2) is 0 Å². The maximum atomic E-state index is 11.9. The van der Waals surface area contributed by atoms with Crippen LogP contribution < -0.4 is 10.6 Å². The Labute approximate surface area is 120 Å². The van der Waals surface area contributed by atoms with Gasteiger partial charge in [0.25, 0.3) is 0 Å². The van der Waals surface area contributed by atoms with Crippen molar-refractivity contribution in [1.82, 2.24) is 20.4 Å². The number of carbonyl (C=O) groups excluding carboxylic acids is 1. The molecule has 3 saturated heterocycles. The molecule has 0 aromatic heterocycles. The molecule has 6 heteroatoms. The molecule has 2 N–H and O–H groups in total. The Morgan fingerprint density at radius 1 is 1.25 bits per heavy atom. The molecule has 0 aromatic carbocycles. The first kappa shape index (κ1) is 14.3. The number of nitrogens with zero attached hydrogens (tertiary/aromatic N) is 2. The fourth-order valence-electron chi connectivity index (χ4n) is 3.11. The molecule has 1 amide bonds. The van der Waals surface area contributed by atoms with Crippen LogP contribution in [0.3, 0.4) is 0 Å². The van der Waals surface area contributed by atoms with E-state index in [0.717, 1.165) is 64.8 Å². The van der Waals surface area contributed by atoms with Crippen LogP contribution in [0.4, 0.5) is 0 Å². The molecule has 0 saturated carbocycles. The van der Waals surface area contributed by atoms with E-state index in [0.29, 0.717) is 13.1 Å². The lowest BCUT2D eigenvalue weighted by molar-refractivity contribution is -0.123. The van der Waals surface area contributed by atoms with Gasteiger partial charge < -0.3 is 15.4 Å². The summed E-state index contributed by atoms with van der Waals surface area (Å²) in [4.78, 5) is 16.7. The van der Waals surface area contributed by atoms with E-state index in [1.54, 1.807) is 0 Å². The van der Waals surface area contributed by atoms with Crippen molar-refractivity contribution in [2.24, 2.45) is 0 Å². The molecule has 6 nitrogen and oxygen atoms in total. The minimum absolute atomic E-state index is 0.138. The summed E-state index contributed by atoms with van der Waals surface area (Å²) >= 11 is 0. The van der Waals surface area contributed by atoms with Crippen LogP contribution in [0.1, 0.15) is 12.8 Å². The van der Waals surface area contributed by atoms with Gasteiger partial charge in [-0.3, -0.25) is 14.6 Å². The summed E-state index contributed by atoms with van der Waals surface area (Å²) in [5, 5.41) is 6.31. The number of rotatable bonds is 5. The van der Waals surface area contributed by atoms with Crippen LogP contribution >= 0.6 is 0 Å². The van der Waals surface area contributed by atoms with Gasteiger partial charge >= 0.3 is 0 Å². The third kappa shape index (κ3) is 3.69. The first-order valence-corrected chi connectivity index (χ1v) is 7.87. The van der Waals surface area contributed by atoms with Crippen molar-refractivity contribution >= 4 is 5.91 Å². The maximum absolute atomic E-state index is 11.9. The summed E-state index contributed by atoms with van der Waals surface area (Å²) in [5.41, 5.74) is 0. The Balaban J connectivity index is 1.30. The highest BCUT2D eigenvalue weighted by molar-refractivity contribution is 5.78. The Kier molecular flexibility index (Phi) is 4.88.